The first kappa shape index (κ1) is 12.8. The van der Waals surface area contributed by atoms with E-state index in [0.717, 1.165) is 12.1 Å². The highest BCUT2D eigenvalue weighted by Crippen LogP contribution is 2.27. The standard InChI is InChI=1S/C10H14BFO4/c1-6(2)16-10-8(11(13)14)4-7(12)5-9(10)15-3/h4-6,13-14H,1-3H3. The topological polar surface area (TPSA) is 58.9 Å². The molecule has 0 bridgehead atoms. The molecule has 0 unspecified atom stereocenters. The van der Waals surface area contributed by atoms with Crippen LogP contribution in [0, 0.1) is 5.82 Å². The lowest BCUT2D eigenvalue weighted by molar-refractivity contribution is 0.230. The zero-order chi connectivity index (χ0) is 12.3. The smallest absolute Gasteiger partial charge is 0.492 e. The van der Waals surface area contributed by atoms with Gasteiger partial charge in [0.15, 0.2) is 11.5 Å². The Balaban J connectivity index is 3.27. The van der Waals surface area contributed by atoms with Crippen LogP contribution in [0.15, 0.2) is 12.1 Å². The third kappa shape index (κ3) is 2.87. The second kappa shape index (κ2) is 5.18. The fourth-order valence-electron chi connectivity index (χ4n) is 1.29. The van der Waals surface area contributed by atoms with Gasteiger partial charge in [-0.3, -0.25) is 0 Å². The minimum Gasteiger partial charge on any atom is -0.493 e. The maximum Gasteiger partial charge on any atom is 0.492 e. The molecule has 1 aromatic carbocycles. The number of hydrogen-bond acceptors (Lipinski definition) is 4. The van der Waals surface area contributed by atoms with Gasteiger partial charge in [0.25, 0.3) is 0 Å². The number of benzene rings is 1. The molecule has 0 heterocycles. The fraction of sp³-hybridized carbons (Fsp3) is 0.400. The van der Waals surface area contributed by atoms with Crippen LogP contribution in [-0.2, 0) is 0 Å². The Morgan fingerprint density at radius 3 is 2.38 bits per heavy atom. The maximum absolute atomic E-state index is 13.1. The monoisotopic (exact) mass is 228 g/mol. The Labute approximate surface area is 93.8 Å². The average molecular weight is 228 g/mol. The molecular weight excluding hydrogens is 214 g/mol. The number of methoxy groups -OCH3 is 1. The summed E-state index contributed by atoms with van der Waals surface area (Å²) in [6, 6.07) is 2.13. The summed E-state index contributed by atoms with van der Waals surface area (Å²) in [6.07, 6.45) is -0.183. The molecule has 0 saturated heterocycles. The van der Waals surface area contributed by atoms with Crippen molar-refractivity contribution in [2.75, 3.05) is 7.11 Å². The Kier molecular flexibility index (Phi) is 4.15. The lowest BCUT2D eigenvalue weighted by atomic mass is 9.79. The fourth-order valence-corrected chi connectivity index (χ4v) is 1.29. The van der Waals surface area contributed by atoms with Gasteiger partial charge in [-0.1, -0.05) is 0 Å². The number of halogens is 1. The van der Waals surface area contributed by atoms with Gasteiger partial charge in [0.05, 0.1) is 13.2 Å². The van der Waals surface area contributed by atoms with E-state index < -0.39 is 12.9 Å². The first-order valence-corrected chi connectivity index (χ1v) is 4.86. The van der Waals surface area contributed by atoms with E-state index in [9.17, 15) is 4.39 Å². The van der Waals surface area contributed by atoms with Gasteiger partial charge in [0.2, 0.25) is 0 Å². The highest BCUT2D eigenvalue weighted by atomic mass is 19.1. The van der Waals surface area contributed by atoms with E-state index in [4.69, 9.17) is 19.5 Å². The molecule has 0 atom stereocenters. The van der Waals surface area contributed by atoms with E-state index in [1.54, 1.807) is 13.8 Å². The van der Waals surface area contributed by atoms with Gasteiger partial charge >= 0.3 is 7.12 Å². The molecule has 16 heavy (non-hydrogen) atoms. The maximum atomic E-state index is 13.1. The molecule has 88 valence electrons. The Morgan fingerprint density at radius 2 is 1.94 bits per heavy atom. The molecule has 0 spiro atoms. The third-order valence-corrected chi connectivity index (χ3v) is 1.90. The second-order valence-electron chi connectivity index (χ2n) is 3.57. The Bertz CT molecular complexity index is 368. The van der Waals surface area contributed by atoms with Crippen LogP contribution in [0.2, 0.25) is 0 Å². The van der Waals surface area contributed by atoms with Crippen LogP contribution in [-0.4, -0.2) is 30.4 Å². The van der Waals surface area contributed by atoms with Gasteiger partial charge in [-0.25, -0.2) is 4.39 Å². The van der Waals surface area contributed by atoms with Crippen LogP contribution in [0.1, 0.15) is 13.8 Å². The molecular formula is C10H14BFO4. The van der Waals surface area contributed by atoms with Gasteiger partial charge in [-0.2, -0.15) is 0 Å². The van der Waals surface area contributed by atoms with E-state index in [-0.39, 0.29) is 23.1 Å². The summed E-state index contributed by atoms with van der Waals surface area (Å²) >= 11 is 0. The SMILES string of the molecule is COc1cc(F)cc(B(O)O)c1OC(C)C. The molecule has 1 rings (SSSR count). The predicted octanol–water partition coefficient (Wildman–Crippen LogP) is 0.301. The van der Waals surface area contributed by atoms with Gasteiger partial charge < -0.3 is 19.5 Å². The van der Waals surface area contributed by atoms with Crippen LogP contribution < -0.4 is 14.9 Å². The summed E-state index contributed by atoms with van der Waals surface area (Å²) in [4.78, 5) is 0. The second-order valence-corrected chi connectivity index (χ2v) is 3.57. The van der Waals surface area contributed by atoms with Crippen molar-refractivity contribution in [3.63, 3.8) is 0 Å². The van der Waals surface area contributed by atoms with Gasteiger partial charge in [-0.05, 0) is 19.9 Å². The molecule has 0 radical (unpaired) electrons. The Morgan fingerprint density at radius 1 is 1.31 bits per heavy atom. The molecule has 0 aromatic heterocycles. The highest BCUT2D eigenvalue weighted by Gasteiger charge is 2.23. The van der Waals surface area contributed by atoms with E-state index in [2.05, 4.69) is 0 Å². The molecule has 0 aliphatic carbocycles. The molecule has 0 aliphatic rings. The lowest BCUT2D eigenvalue weighted by Gasteiger charge is -2.17. The Hall–Kier alpha value is -1.27. The molecule has 0 fully saturated rings. The summed E-state index contributed by atoms with van der Waals surface area (Å²) in [5.41, 5.74) is -0.0504. The van der Waals surface area contributed by atoms with Gasteiger partial charge in [0.1, 0.15) is 5.82 Å². The molecule has 0 saturated carbocycles. The summed E-state index contributed by atoms with van der Waals surface area (Å²) in [6.45, 7) is 3.55. The summed E-state index contributed by atoms with van der Waals surface area (Å²) in [5.74, 6) is -0.332. The summed E-state index contributed by atoms with van der Waals surface area (Å²) in [7, 11) is -0.450. The van der Waals surface area contributed by atoms with Crippen LogP contribution in [0.4, 0.5) is 4.39 Å². The number of hydrogen-bond donors (Lipinski definition) is 2. The van der Waals surface area contributed by atoms with Crippen molar-refractivity contribution in [3.8, 4) is 11.5 Å². The van der Waals surface area contributed by atoms with E-state index in [1.165, 1.54) is 7.11 Å². The average Bonchev–Trinajstić information content (AvgIpc) is 2.19. The first-order chi connectivity index (χ1) is 7.45. The van der Waals surface area contributed by atoms with Crippen molar-refractivity contribution in [1.29, 1.82) is 0 Å². The molecule has 1 aromatic rings. The van der Waals surface area contributed by atoms with E-state index in [0.29, 0.717) is 0 Å². The minimum absolute atomic E-state index is 0.0504. The van der Waals surface area contributed by atoms with Crippen molar-refractivity contribution in [3.05, 3.63) is 17.9 Å². The predicted molar refractivity (Wildman–Crippen MR) is 58.5 cm³/mol. The van der Waals surface area contributed by atoms with Crippen molar-refractivity contribution < 1.29 is 23.9 Å². The number of ether oxygens (including phenoxy) is 2. The van der Waals surface area contributed by atoms with Gasteiger partial charge in [-0.15, -0.1) is 0 Å². The van der Waals surface area contributed by atoms with Crippen LogP contribution >= 0.6 is 0 Å². The molecule has 0 aliphatic heterocycles. The number of rotatable bonds is 4. The van der Waals surface area contributed by atoms with E-state index in [1.807, 2.05) is 0 Å². The van der Waals surface area contributed by atoms with Crippen LogP contribution in [0.5, 0.6) is 11.5 Å². The largest absolute Gasteiger partial charge is 0.493 e. The van der Waals surface area contributed by atoms with Crippen molar-refractivity contribution in [2.24, 2.45) is 0 Å². The van der Waals surface area contributed by atoms with Crippen molar-refractivity contribution in [2.45, 2.75) is 20.0 Å². The first-order valence-electron chi connectivity index (χ1n) is 4.86. The molecule has 2 N–H and O–H groups in total. The summed E-state index contributed by atoms with van der Waals surface area (Å²) < 4.78 is 23.4. The van der Waals surface area contributed by atoms with Crippen molar-refractivity contribution in [1.82, 2.24) is 0 Å². The van der Waals surface area contributed by atoms with Crippen LogP contribution in [0.25, 0.3) is 0 Å². The van der Waals surface area contributed by atoms with Crippen molar-refractivity contribution >= 4 is 12.6 Å². The lowest BCUT2D eigenvalue weighted by Crippen LogP contribution is -2.33. The molecule has 6 heteroatoms. The zero-order valence-corrected chi connectivity index (χ0v) is 9.40. The molecule has 0 amide bonds. The zero-order valence-electron chi connectivity index (χ0n) is 9.40. The normalized spacial score (nSPS) is 10.4. The summed E-state index contributed by atoms with van der Waals surface area (Å²) in [5, 5.41) is 18.2. The van der Waals surface area contributed by atoms with Gasteiger partial charge in [0, 0.05) is 11.5 Å². The highest BCUT2D eigenvalue weighted by molar-refractivity contribution is 6.59. The van der Waals surface area contributed by atoms with Crippen LogP contribution in [0.3, 0.4) is 0 Å². The molecule has 4 nitrogen and oxygen atoms in total. The minimum atomic E-state index is -1.81. The third-order valence-electron chi connectivity index (χ3n) is 1.90. The quantitative estimate of drug-likeness (QED) is 0.727. The van der Waals surface area contributed by atoms with E-state index >= 15 is 0 Å².